The second-order valence-corrected chi connectivity index (χ2v) is 4.37. The first-order chi connectivity index (χ1) is 9.08. The molecule has 0 amide bonds. The number of benzene rings is 1. The van der Waals surface area contributed by atoms with Crippen molar-refractivity contribution in [3.63, 3.8) is 0 Å². The molecule has 0 bridgehead atoms. The lowest BCUT2D eigenvalue weighted by molar-refractivity contribution is -0.130. The smallest absolute Gasteiger partial charge is 0.341 e. The fourth-order valence-corrected chi connectivity index (χ4v) is 1.51. The summed E-state index contributed by atoms with van der Waals surface area (Å²) in [7, 11) is 0. The molecule has 2 rings (SSSR count). The van der Waals surface area contributed by atoms with Crippen molar-refractivity contribution in [2.24, 2.45) is 0 Å². The van der Waals surface area contributed by atoms with Gasteiger partial charge < -0.3 is 9.52 Å². The van der Waals surface area contributed by atoms with E-state index in [1.54, 1.807) is 0 Å². The summed E-state index contributed by atoms with van der Waals surface area (Å²) in [6.07, 6.45) is 1.51. The molecular weight excluding hydrogens is 244 g/mol. The molecule has 0 aliphatic carbocycles. The number of carbonyl (C=O) groups is 1. The highest BCUT2D eigenvalue weighted by molar-refractivity contribution is 6.19. The predicted molar refractivity (Wildman–Crippen MR) is 70.3 cm³/mol. The fraction of sp³-hybridized carbons (Fsp3) is 0.214. The van der Waals surface area contributed by atoms with Gasteiger partial charge in [-0.05, 0) is 11.6 Å². The number of rotatable bonds is 4. The number of nitrogens with zero attached hydrogens (tertiary/aromatic N) is 2. The minimum Gasteiger partial charge on any atom is -0.477 e. The van der Waals surface area contributed by atoms with E-state index in [1.807, 2.05) is 44.2 Å². The molecule has 5 nitrogen and oxygen atoms in total. The van der Waals surface area contributed by atoms with Crippen LogP contribution in [0.4, 0.5) is 0 Å². The van der Waals surface area contributed by atoms with E-state index < -0.39 is 5.97 Å². The Morgan fingerprint density at radius 1 is 1.26 bits per heavy atom. The Labute approximate surface area is 110 Å². The summed E-state index contributed by atoms with van der Waals surface area (Å²) < 4.78 is 5.37. The lowest BCUT2D eigenvalue weighted by Gasteiger charge is -1.98. The summed E-state index contributed by atoms with van der Waals surface area (Å²) in [5.41, 5.74) is 0.759. The molecule has 0 radical (unpaired) electrons. The minimum atomic E-state index is -1.09. The Balaban J connectivity index is 2.40. The van der Waals surface area contributed by atoms with E-state index in [0.717, 1.165) is 5.56 Å². The maximum atomic E-state index is 11.3. The zero-order chi connectivity index (χ0) is 13.8. The number of carboxylic acid groups (broad SMARTS) is 1. The second kappa shape index (κ2) is 5.48. The molecule has 0 aliphatic heterocycles. The molecule has 0 fully saturated rings. The number of hydrogen-bond acceptors (Lipinski definition) is 4. The normalized spacial score (nSPS) is 11.8. The topological polar surface area (TPSA) is 76.2 Å². The van der Waals surface area contributed by atoms with E-state index in [4.69, 9.17) is 4.42 Å². The van der Waals surface area contributed by atoms with Crippen LogP contribution in [0.15, 0.2) is 34.7 Å². The number of aliphatic carboxylic acids is 1. The van der Waals surface area contributed by atoms with Gasteiger partial charge in [-0.2, -0.15) is 0 Å². The standard InChI is InChI=1S/C14H14N2O3/c1-9(2)12-15-16-13(19-12)11(14(17)18)8-10-6-4-3-5-7-10/h3-9H,1-2H3,(H,17,18)/b11-8-. The Morgan fingerprint density at radius 3 is 2.47 bits per heavy atom. The summed E-state index contributed by atoms with van der Waals surface area (Å²) in [5.74, 6) is -0.578. The van der Waals surface area contributed by atoms with Gasteiger partial charge in [-0.1, -0.05) is 44.2 Å². The monoisotopic (exact) mass is 258 g/mol. The fourth-order valence-electron chi connectivity index (χ4n) is 1.51. The molecule has 2 aromatic rings. The molecule has 0 saturated carbocycles. The molecule has 1 aromatic heterocycles. The van der Waals surface area contributed by atoms with Gasteiger partial charge in [-0.3, -0.25) is 0 Å². The predicted octanol–water partition coefficient (Wildman–Crippen LogP) is 2.82. The van der Waals surface area contributed by atoms with Crippen LogP contribution in [-0.2, 0) is 4.79 Å². The Morgan fingerprint density at radius 2 is 1.95 bits per heavy atom. The van der Waals surface area contributed by atoms with Crippen LogP contribution >= 0.6 is 0 Å². The maximum Gasteiger partial charge on any atom is 0.341 e. The first-order valence-corrected chi connectivity index (χ1v) is 5.91. The molecule has 0 aliphatic rings. The van der Waals surface area contributed by atoms with Crippen LogP contribution < -0.4 is 0 Å². The molecule has 5 heteroatoms. The van der Waals surface area contributed by atoms with Gasteiger partial charge in [0.1, 0.15) is 5.57 Å². The van der Waals surface area contributed by atoms with Gasteiger partial charge in [0.2, 0.25) is 5.89 Å². The van der Waals surface area contributed by atoms with Gasteiger partial charge in [0, 0.05) is 5.92 Å². The second-order valence-electron chi connectivity index (χ2n) is 4.37. The number of hydrogen-bond donors (Lipinski definition) is 1. The van der Waals surface area contributed by atoms with Crippen LogP contribution in [0, 0.1) is 0 Å². The third kappa shape index (κ3) is 3.07. The van der Waals surface area contributed by atoms with E-state index in [0.29, 0.717) is 5.89 Å². The average molecular weight is 258 g/mol. The van der Waals surface area contributed by atoms with Gasteiger partial charge in [-0.25, -0.2) is 4.79 Å². The van der Waals surface area contributed by atoms with Crippen molar-refractivity contribution >= 4 is 17.6 Å². The average Bonchev–Trinajstić information content (AvgIpc) is 2.86. The molecule has 0 saturated heterocycles. The lowest BCUT2D eigenvalue weighted by Crippen LogP contribution is -2.00. The number of aromatic nitrogens is 2. The van der Waals surface area contributed by atoms with Gasteiger partial charge in [0.15, 0.2) is 0 Å². The van der Waals surface area contributed by atoms with E-state index in [-0.39, 0.29) is 17.4 Å². The van der Waals surface area contributed by atoms with Crippen molar-refractivity contribution in [3.05, 3.63) is 47.7 Å². The summed E-state index contributed by atoms with van der Waals surface area (Å²) in [4.78, 5) is 11.3. The highest BCUT2D eigenvalue weighted by Gasteiger charge is 2.19. The first kappa shape index (κ1) is 13.0. The Hall–Kier alpha value is -2.43. The highest BCUT2D eigenvalue weighted by atomic mass is 16.4. The van der Waals surface area contributed by atoms with Crippen LogP contribution in [0.2, 0.25) is 0 Å². The molecule has 1 heterocycles. The molecule has 0 unspecified atom stereocenters. The van der Waals surface area contributed by atoms with E-state index in [9.17, 15) is 9.90 Å². The van der Waals surface area contributed by atoms with Crippen LogP contribution in [0.1, 0.15) is 37.1 Å². The molecule has 1 aromatic carbocycles. The van der Waals surface area contributed by atoms with Gasteiger partial charge >= 0.3 is 5.97 Å². The minimum absolute atomic E-state index is 0.00870. The zero-order valence-corrected chi connectivity index (χ0v) is 10.7. The summed E-state index contributed by atoms with van der Waals surface area (Å²) >= 11 is 0. The third-order valence-electron chi connectivity index (χ3n) is 2.51. The largest absolute Gasteiger partial charge is 0.477 e. The van der Waals surface area contributed by atoms with Crippen molar-refractivity contribution in [3.8, 4) is 0 Å². The first-order valence-electron chi connectivity index (χ1n) is 5.91. The summed E-state index contributed by atoms with van der Waals surface area (Å²) in [5, 5.41) is 16.9. The molecule has 19 heavy (non-hydrogen) atoms. The van der Waals surface area contributed by atoms with E-state index in [1.165, 1.54) is 6.08 Å². The van der Waals surface area contributed by atoms with Crippen LogP contribution in [-0.4, -0.2) is 21.3 Å². The highest BCUT2D eigenvalue weighted by Crippen LogP contribution is 2.20. The molecule has 98 valence electrons. The van der Waals surface area contributed by atoms with Crippen molar-refractivity contribution in [1.82, 2.24) is 10.2 Å². The Kier molecular flexibility index (Phi) is 3.75. The third-order valence-corrected chi connectivity index (χ3v) is 2.51. The zero-order valence-electron chi connectivity index (χ0n) is 10.7. The van der Waals surface area contributed by atoms with Crippen molar-refractivity contribution in [2.75, 3.05) is 0 Å². The lowest BCUT2D eigenvalue weighted by atomic mass is 10.1. The SMILES string of the molecule is CC(C)c1nnc(/C(=C/c2ccccc2)C(=O)O)o1. The van der Waals surface area contributed by atoms with Gasteiger partial charge in [0.25, 0.3) is 5.89 Å². The van der Waals surface area contributed by atoms with Gasteiger partial charge in [-0.15, -0.1) is 10.2 Å². The van der Waals surface area contributed by atoms with Gasteiger partial charge in [0.05, 0.1) is 0 Å². The summed E-state index contributed by atoms with van der Waals surface area (Å²) in [6, 6.07) is 9.14. The van der Waals surface area contributed by atoms with Crippen molar-refractivity contribution in [1.29, 1.82) is 0 Å². The molecule has 0 atom stereocenters. The van der Waals surface area contributed by atoms with E-state index in [2.05, 4.69) is 10.2 Å². The van der Waals surface area contributed by atoms with Crippen LogP contribution in [0.3, 0.4) is 0 Å². The molecule has 1 N–H and O–H groups in total. The van der Waals surface area contributed by atoms with Crippen LogP contribution in [0.25, 0.3) is 11.6 Å². The van der Waals surface area contributed by atoms with Crippen LogP contribution in [0.5, 0.6) is 0 Å². The maximum absolute atomic E-state index is 11.3. The Bertz CT molecular complexity index is 600. The van der Waals surface area contributed by atoms with E-state index >= 15 is 0 Å². The number of carboxylic acids is 1. The van der Waals surface area contributed by atoms with Crippen molar-refractivity contribution < 1.29 is 14.3 Å². The quantitative estimate of drug-likeness (QED) is 0.853. The van der Waals surface area contributed by atoms with Crippen molar-refractivity contribution in [2.45, 2.75) is 19.8 Å². The summed E-state index contributed by atoms with van der Waals surface area (Å²) in [6.45, 7) is 3.80. The molecule has 0 spiro atoms. The molecular formula is C14H14N2O3.